The Labute approximate surface area is 152 Å². The highest BCUT2D eigenvalue weighted by molar-refractivity contribution is 6.30. The summed E-state index contributed by atoms with van der Waals surface area (Å²) in [6.45, 7) is 3.72. The first kappa shape index (κ1) is 17.2. The van der Waals surface area contributed by atoms with Gasteiger partial charge in [-0.2, -0.15) is 0 Å². The maximum absolute atomic E-state index is 12.9. The third-order valence-corrected chi connectivity index (χ3v) is 4.53. The van der Waals surface area contributed by atoms with Crippen molar-refractivity contribution in [2.24, 2.45) is 0 Å². The van der Waals surface area contributed by atoms with Crippen molar-refractivity contribution in [3.8, 4) is 11.5 Å². The fourth-order valence-corrected chi connectivity index (χ4v) is 2.73. The van der Waals surface area contributed by atoms with Gasteiger partial charge in [-0.15, -0.1) is 0 Å². The van der Waals surface area contributed by atoms with Crippen molar-refractivity contribution in [2.45, 2.75) is 19.9 Å². The summed E-state index contributed by atoms with van der Waals surface area (Å²) < 4.78 is 5.70. The van der Waals surface area contributed by atoms with Crippen LogP contribution < -0.4 is 0 Å². The number of amides is 1. The number of rotatable bonds is 4. The Hall–Kier alpha value is -2.59. The van der Waals surface area contributed by atoms with Gasteiger partial charge in [0.25, 0.3) is 5.91 Å². The average Bonchev–Trinajstić information content (AvgIpc) is 3.03. The molecule has 5 heteroatoms. The van der Waals surface area contributed by atoms with Crippen molar-refractivity contribution in [1.82, 2.24) is 9.88 Å². The zero-order chi connectivity index (χ0) is 18.0. The predicted molar refractivity (Wildman–Crippen MR) is 98.6 cm³/mol. The average molecular weight is 355 g/mol. The van der Waals surface area contributed by atoms with Gasteiger partial charge in [0, 0.05) is 17.6 Å². The topological polar surface area (TPSA) is 46.3 Å². The SMILES string of the molecule is Cc1oc(-c2ccccc2)nc1C(=O)N(C)C(C)c1ccc(Cl)cc1. The lowest BCUT2D eigenvalue weighted by atomic mass is 10.1. The zero-order valence-corrected chi connectivity index (χ0v) is 15.1. The predicted octanol–water partition coefficient (Wildman–Crippen LogP) is 5.14. The van der Waals surface area contributed by atoms with E-state index in [2.05, 4.69) is 4.98 Å². The molecule has 0 aliphatic heterocycles. The molecular weight excluding hydrogens is 336 g/mol. The summed E-state index contributed by atoms with van der Waals surface area (Å²) in [5, 5.41) is 0.671. The Balaban J connectivity index is 1.85. The molecule has 0 aliphatic rings. The molecule has 0 saturated heterocycles. The highest BCUT2D eigenvalue weighted by Gasteiger charge is 2.25. The van der Waals surface area contributed by atoms with Crippen LogP contribution in [-0.2, 0) is 0 Å². The number of aryl methyl sites for hydroxylation is 1. The Morgan fingerprint density at radius 3 is 2.40 bits per heavy atom. The number of halogens is 1. The molecule has 25 heavy (non-hydrogen) atoms. The standard InChI is InChI=1S/C20H19ClN2O2/c1-13(15-9-11-17(21)12-10-15)23(3)20(24)18-14(2)25-19(22-18)16-7-5-4-6-8-16/h4-13H,1-3H3. The van der Waals surface area contributed by atoms with E-state index in [0.717, 1.165) is 11.1 Å². The summed E-state index contributed by atoms with van der Waals surface area (Å²) in [7, 11) is 1.76. The molecule has 128 valence electrons. The van der Waals surface area contributed by atoms with Crippen molar-refractivity contribution in [1.29, 1.82) is 0 Å². The first-order valence-corrected chi connectivity index (χ1v) is 8.40. The Kier molecular flexibility index (Phi) is 4.91. The Bertz CT molecular complexity index is 872. The third-order valence-electron chi connectivity index (χ3n) is 4.27. The lowest BCUT2D eigenvalue weighted by molar-refractivity contribution is 0.0735. The lowest BCUT2D eigenvalue weighted by Gasteiger charge is -2.24. The van der Waals surface area contributed by atoms with Crippen molar-refractivity contribution in [2.75, 3.05) is 7.05 Å². The van der Waals surface area contributed by atoms with Crippen molar-refractivity contribution < 1.29 is 9.21 Å². The van der Waals surface area contributed by atoms with Gasteiger partial charge in [-0.05, 0) is 43.7 Å². The van der Waals surface area contributed by atoms with E-state index in [1.54, 1.807) is 18.9 Å². The van der Waals surface area contributed by atoms with Crippen LogP contribution in [0, 0.1) is 6.92 Å². The highest BCUT2D eigenvalue weighted by Crippen LogP contribution is 2.26. The Morgan fingerprint density at radius 2 is 1.76 bits per heavy atom. The molecule has 4 nitrogen and oxygen atoms in total. The van der Waals surface area contributed by atoms with E-state index in [1.165, 1.54) is 0 Å². The van der Waals surface area contributed by atoms with Crippen LogP contribution in [0.15, 0.2) is 59.0 Å². The Morgan fingerprint density at radius 1 is 1.12 bits per heavy atom. The molecule has 3 aromatic rings. The second-order valence-corrected chi connectivity index (χ2v) is 6.37. The van der Waals surface area contributed by atoms with Crippen molar-refractivity contribution in [3.05, 3.63) is 76.6 Å². The van der Waals surface area contributed by atoms with Gasteiger partial charge < -0.3 is 9.32 Å². The molecule has 3 rings (SSSR count). The molecule has 0 saturated carbocycles. The minimum absolute atomic E-state index is 0.110. The van der Waals surface area contributed by atoms with Crippen LogP contribution in [0.4, 0.5) is 0 Å². The largest absolute Gasteiger partial charge is 0.441 e. The molecule has 0 spiro atoms. The monoisotopic (exact) mass is 354 g/mol. The molecule has 0 fully saturated rings. The number of aromatic nitrogens is 1. The first-order valence-electron chi connectivity index (χ1n) is 8.03. The smallest absolute Gasteiger partial charge is 0.276 e. The fraction of sp³-hybridized carbons (Fsp3) is 0.200. The molecular formula is C20H19ClN2O2. The van der Waals surface area contributed by atoms with E-state index < -0.39 is 0 Å². The molecule has 0 bridgehead atoms. The zero-order valence-electron chi connectivity index (χ0n) is 14.4. The summed E-state index contributed by atoms with van der Waals surface area (Å²) in [5.41, 5.74) is 2.19. The van der Waals surface area contributed by atoms with E-state index >= 15 is 0 Å². The van der Waals surface area contributed by atoms with E-state index in [0.29, 0.717) is 22.4 Å². The highest BCUT2D eigenvalue weighted by atomic mass is 35.5. The van der Waals surface area contributed by atoms with Gasteiger partial charge in [0.15, 0.2) is 5.69 Å². The van der Waals surface area contributed by atoms with Crippen LogP contribution in [0.25, 0.3) is 11.5 Å². The second kappa shape index (κ2) is 7.11. The molecule has 0 aliphatic carbocycles. The van der Waals surface area contributed by atoms with Crippen LogP contribution in [0.3, 0.4) is 0 Å². The van der Waals surface area contributed by atoms with E-state index in [9.17, 15) is 4.79 Å². The van der Waals surface area contributed by atoms with Crippen LogP contribution in [0.1, 0.15) is 34.8 Å². The van der Waals surface area contributed by atoms with E-state index in [4.69, 9.17) is 16.0 Å². The number of nitrogens with zero attached hydrogens (tertiary/aromatic N) is 2. The number of carbonyl (C=O) groups is 1. The maximum Gasteiger partial charge on any atom is 0.276 e. The molecule has 0 radical (unpaired) electrons. The van der Waals surface area contributed by atoms with Crippen molar-refractivity contribution in [3.63, 3.8) is 0 Å². The number of benzene rings is 2. The number of hydrogen-bond donors (Lipinski definition) is 0. The first-order chi connectivity index (χ1) is 12.0. The molecule has 1 unspecified atom stereocenters. The fourth-order valence-electron chi connectivity index (χ4n) is 2.61. The van der Waals surface area contributed by atoms with E-state index in [-0.39, 0.29) is 11.9 Å². The van der Waals surface area contributed by atoms with Gasteiger partial charge in [0.2, 0.25) is 5.89 Å². The summed E-state index contributed by atoms with van der Waals surface area (Å²) in [4.78, 5) is 18.9. The quantitative estimate of drug-likeness (QED) is 0.652. The molecule has 1 amide bonds. The van der Waals surface area contributed by atoms with Gasteiger partial charge in [0.05, 0.1) is 6.04 Å². The summed E-state index contributed by atoms with van der Waals surface area (Å²) in [6.07, 6.45) is 0. The number of carbonyl (C=O) groups excluding carboxylic acids is 1. The molecule has 1 heterocycles. The molecule has 1 atom stereocenters. The van der Waals surface area contributed by atoms with Crippen molar-refractivity contribution >= 4 is 17.5 Å². The summed E-state index contributed by atoms with van der Waals surface area (Å²) in [6, 6.07) is 16.9. The summed E-state index contributed by atoms with van der Waals surface area (Å²) in [5.74, 6) is 0.791. The lowest BCUT2D eigenvalue weighted by Crippen LogP contribution is -2.30. The second-order valence-electron chi connectivity index (χ2n) is 5.93. The maximum atomic E-state index is 12.9. The van der Waals surface area contributed by atoms with Crippen LogP contribution >= 0.6 is 11.6 Å². The number of hydrogen-bond acceptors (Lipinski definition) is 3. The minimum atomic E-state index is -0.175. The van der Waals surface area contributed by atoms with Gasteiger partial charge in [-0.3, -0.25) is 4.79 Å². The van der Waals surface area contributed by atoms with Crippen LogP contribution in [0.2, 0.25) is 5.02 Å². The normalized spacial score (nSPS) is 12.0. The summed E-state index contributed by atoms with van der Waals surface area (Å²) >= 11 is 5.93. The van der Waals surface area contributed by atoms with Gasteiger partial charge >= 0.3 is 0 Å². The molecule has 1 aromatic heterocycles. The van der Waals surface area contributed by atoms with E-state index in [1.807, 2.05) is 61.5 Å². The number of oxazole rings is 1. The van der Waals surface area contributed by atoms with Crippen LogP contribution in [-0.4, -0.2) is 22.8 Å². The van der Waals surface area contributed by atoms with Gasteiger partial charge in [0.1, 0.15) is 5.76 Å². The molecule has 2 aromatic carbocycles. The molecule has 0 N–H and O–H groups in total. The van der Waals surface area contributed by atoms with Gasteiger partial charge in [-0.1, -0.05) is 41.9 Å². The van der Waals surface area contributed by atoms with Crippen LogP contribution in [0.5, 0.6) is 0 Å². The minimum Gasteiger partial charge on any atom is -0.441 e. The van der Waals surface area contributed by atoms with Gasteiger partial charge in [-0.25, -0.2) is 4.98 Å². The third kappa shape index (κ3) is 3.59.